The zero-order chi connectivity index (χ0) is 13.0. The van der Waals surface area contributed by atoms with E-state index in [9.17, 15) is 4.79 Å². The van der Waals surface area contributed by atoms with Crippen LogP contribution >= 0.6 is 46.7 Å². The normalized spacial score (nSPS) is 19.6. The van der Waals surface area contributed by atoms with E-state index < -0.39 is 0 Å². The molecule has 2 rings (SSSR count). The highest BCUT2D eigenvalue weighted by Crippen LogP contribution is 2.24. The van der Waals surface area contributed by atoms with Crippen molar-refractivity contribution in [1.82, 2.24) is 5.32 Å². The summed E-state index contributed by atoms with van der Waals surface area (Å²) >= 11 is 15.4. The lowest BCUT2D eigenvalue weighted by atomic mass is 10.2. The second-order valence-electron chi connectivity index (χ2n) is 3.89. The summed E-state index contributed by atoms with van der Waals surface area (Å²) in [6, 6.07) is 5.31. The first-order valence-corrected chi connectivity index (χ1v) is 8.54. The van der Waals surface area contributed by atoms with Gasteiger partial charge < -0.3 is 5.32 Å². The summed E-state index contributed by atoms with van der Waals surface area (Å²) < 4.78 is 0. The molecule has 1 aromatic carbocycles. The van der Waals surface area contributed by atoms with E-state index in [0.717, 1.165) is 22.8 Å². The van der Waals surface area contributed by atoms with Crippen molar-refractivity contribution < 1.29 is 4.79 Å². The van der Waals surface area contributed by atoms with Gasteiger partial charge in [-0.2, -0.15) is 11.8 Å². The monoisotopic (exact) mass is 321 g/mol. The fourth-order valence-electron chi connectivity index (χ4n) is 1.60. The SMILES string of the molecule is O=C(NCc1ccc(Cl)cc1Cl)[C@@H]1CSCCS1. The van der Waals surface area contributed by atoms with Gasteiger partial charge in [0.2, 0.25) is 5.91 Å². The summed E-state index contributed by atoms with van der Waals surface area (Å²) in [6.45, 7) is 0.455. The van der Waals surface area contributed by atoms with Gasteiger partial charge in [-0.15, -0.1) is 11.8 Å². The number of amides is 1. The van der Waals surface area contributed by atoms with Crippen molar-refractivity contribution in [3.05, 3.63) is 33.8 Å². The molecule has 0 spiro atoms. The number of benzene rings is 1. The molecule has 6 heteroatoms. The van der Waals surface area contributed by atoms with Gasteiger partial charge in [-0.1, -0.05) is 29.3 Å². The van der Waals surface area contributed by atoms with Crippen LogP contribution in [0.25, 0.3) is 0 Å². The third-order valence-corrected chi connectivity index (χ3v) is 5.92. The van der Waals surface area contributed by atoms with Crippen molar-refractivity contribution in [1.29, 1.82) is 0 Å². The number of carbonyl (C=O) groups excluding carboxylic acids is 1. The van der Waals surface area contributed by atoms with Gasteiger partial charge in [-0.25, -0.2) is 0 Å². The predicted octanol–water partition coefficient (Wildman–Crippen LogP) is 3.46. The second kappa shape index (κ2) is 6.94. The van der Waals surface area contributed by atoms with Gasteiger partial charge in [0.15, 0.2) is 0 Å². The summed E-state index contributed by atoms with van der Waals surface area (Å²) in [5.41, 5.74) is 0.892. The molecule has 1 aliphatic heterocycles. The van der Waals surface area contributed by atoms with Gasteiger partial charge >= 0.3 is 0 Å². The van der Waals surface area contributed by atoms with Crippen LogP contribution in [-0.2, 0) is 11.3 Å². The third kappa shape index (κ3) is 3.98. The molecule has 98 valence electrons. The minimum absolute atomic E-state index is 0.0647. The summed E-state index contributed by atoms with van der Waals surface area (Å²) in [6.07, 6.45) is 0. The molecule has 0 unspecified atom stereocenters. The van der Waals surface area contributed by atoms with E-state index in [1.165, 1.54) is 0 Å². The summed E-state index contributed by atoms with van der Waals surface area (Å²) in [5, 5.41) is 4.19. The van der Waals surface area contributed by atoms with Crippen molar-refractivity contribution in [3.8, 4) is 0 Å². The molecule has 0 radical (unpaired) electrons. The molecule has 0 aliphatic carbocycles. The molecular weight excluding hydrogens is 309 g/mol. The molecule has 1 fully saturated rings. The molecule has 0 aromatic heterocycles. The maximum absolute atomic E-state index is 11.9. The number of nitrogens with one attached hydrogen (secondary N) is 1. The quantitative estimate of drug-likeness (QED) is 0.924. The Morgan fingerprint density at radius 1 is 1.39 bits per heavy atom. The van der Waals surface area contributed by atoms with Gasteiger partial charge in [-0.3, -0.25) is 4.79 Å². The summed E-state index contributed by atoms with van der Waals surface area (Å²) in [4.78, 5) is 11.9. The Bertz CT molecular complexity index is 436. The topological polar surface area (TPSA) is 29.1 Å². The van der Waals surface area contributed by atoms with Crippen molar-refractivity contribution in [2.45, 2.75) is 11.8 Å². The number of carbonyl (C=O) groups is 1. The summed E-state index contributed by atoms with van der Waals surface area (Å²) in [5.74, 6) is 3.17. The Morgan fingerprint density at radius 3 is 2.89 bits per heavy atom. The van der Waals surface area contributed by atoms with E-state index in [-0.39, 0.29) is 11.2 Å². The van der Waals surface area contributed by atoms with Crippen molar-refractivity contribution in [2.75, 3.05) is 17.3 Å². The van der Waals surface area contributed by atoms with Crippen LogP contribution in [-0.4, -0.2) is 28.4 Å². The maximum atomic E-state index is 11.9. The highest BCUT2D eigenvalue weighted by molar-refractivity contribution is 8.07. The minimum atomic E-state index is 0.0647. The highest BCUT2D eigenvalue weighted by atomic mass is 35.5. The average molecular weight is 322 g/mol. The molecule has 1 amide bonds. The Hall–Kier alpha value is -0.0300. The van der Waals surface area contributed by atoms with Crippen LogP contribution in [0.1, 0.15) is 5.56 Å². The molecule has 0 saturated carbocycles. The maximum Gasteiger partial charge on any atom is 0.234 e. The molecule has 1 saturated heterocycles. The lowest BCUT2D eigenvalue weighted by Crippen LogP contribution is -2.35. The Labute approximate surface area is 125 Å². The molecule has 0 bridgehead atoms. The van der Waals surface area contributed by atoms with Crippen LogP contribution in [0.15, 0.2) is 18.2 Å². The first-order chi connectivity index (χ1) is 8.66. The molecule has 18 heavy (non-hydrogen) atoms. The lowest BCUT2D eigenvalue weighted by molar-refractivity contribution is -0.120. The van der Waals surface area contributed by atoms with Crippen molar-refractivity contribution in [3.63, 3.8) is 0 Å². The van der Waals surface area contributed by atoms with Crippen LogP contribution in [0, 0.1) is 0 Å². The van der Waals surface area contributed by atoms with Gasteiger partial charge in [0, 0.05) is 33.8 Å². The van der Waals surface area contributed by atoms with Crippen molar-refractivity contribution >= 4 is 52.6 Å². The van der Waals surface area contributed by atoms with E-state index in [0.29, 0.717) is 16.6 Å². The fourth-order valence-corrected chi connectivity index (χ4v) is 4.66. The molecule has 2 nitrogen and oxygen atoms in total. The van der Waals surface area contributed by atoms with Crippen LogP contribution in [0.4, 0.5) is 0 Å². The molecule has 1 N–H and O–H groups in total. The minimum Gasteiger partial charge on any atom is -0.351 e. The van der Waals surface area contributed by atoms with Crippen molar-refractivity contribution in [2.24, 2.45) is 0 Å². The molecule has 1 aromatic rings. The Morgan fingerprint density at radius 2 is 2.22 bits per heavy atom. The van der Waals surface area contributed by atoms with E-state index in [1.807, 2.05) is 17.8 Å². The van der Waals surface area contributed by atoms with Gasteiger partial charge in [-0.05, 0) is 17.7 Å². The third-order valence-electron chi connectivity index (χ3n) is 2.58. The van der Waals surface area contributed by atoms with Gasteiger partial charge in [0.05, 0.1) is 5.25 Å². The van der Waals surface area contributed by atoms with Gasteiger partial charge in [0.25, 0.3) is 0 Å². The first kappa shape index (κ1) is 14.4. The lowest BCUT2D eigenvalue weighted by Gasteiger charge is -2.20. The Kier molecular flexibility index (Phi) is 5.55. The first-order valence-electron chi connectivity index (χ1n) is 5.58. The molecular formula is C12H13Cl2NOS2. The highest BCUT2D eigenvalue weighted by Gasteiger charge is 2.21. The second-order valence-corrected chi connectivity index (χ2v) is 7.19. The largest absolute Gasteiger partial charge is 0.351 e. The van der Waals surface area contributed by atoms with Crippen LogP contribution < -0.4 is 5.32 Å². The number of thioether (sulfide) groups is 2. The number of hydrogen-bond acceptors (Lipinski definition) is 3. The number of halogens is 2. The number of hydrogen-bond donors (Lipinski definition) is 1. The fraction of sp³-hybridized carbons (Fsp3) is 0.417. The zero-order valence-corrected chi connectivity index (χ0v) is 12.8. The summed E-state index contributed by atoms with van der Waals surface area (Å²) in [7, 11) is 0. The Balaban J connectivity index is 1.88. The van der Waals surface area contributed by atoms with Gasteiger partial charge in [0.1, 0.15) is 0 Å². The van der Waals surface area contributed by atoms with Crippen LogP contribution in [0.3, 0.4) is 0 Å². The molecule has 1 atom stereocenters. The van der Waals surface area contributed by atoms with Crippen LogP contribution in [0.5, 0.6) is 0 Å². The smallest absolute Gasteiger partial charge is 0.234 e. The van der Waals surface area contributed by atoms with E-state index in [4.69, 9.17) is 23.2 Å². The molecule has 1 heterocycles. The van der Waals surface area contributed by atoms with E-state index in [2.05, 4.69) is 5.32 Å². The molecule has 1 aliphatic rings. The zero-order valence-electron chi connectivity index (χ0n) is 9.62. The van der Waals surface area contributed by atoms with E-state index in [1.54, 1.807) is 23.9 Å². The standard InChI is InChI=1S/C12H13Cl2NOS2/c13-9-2-1-8(10(14)5-9)6-15-12(16)11-7-17-3-4-18-11/h1-2,5,11H,3-4,6-7H2,(H,15,16)/t11-/m0/s1. The average Bonchev–Trinajstić information content (AvgIpc) is 2.38. The number of rotatable bonds is 3. The van der Waals surface area contributed by atoms with Crippen LogP contribution in [0.2, 0.25) is 10.0 Å². The predicted molar refractivity (Wildman–Crippen MR) is 81.9 cm³/mol. The van der Waals surface area contributed by atoms with E-state index >= 15 is 0 Å².